The second kappa shape index (κ2) is 5.40. The molecular formula is C14H15NO3S. The Morgan fingerprint density at radius 1 is 1.37 bits per heavy atom. The van der Waals surface area contributed by atoms with Crippen LogP contribution in [0.15, 0.2) is 33.6 Å². The van der Waals surface area contributed by atoms with Gasteiger partial charge < -0.3 is 15.3 Å². The third-order valence-corrected chi connectivity index (χ3v) is 3.81. The summed E-state index contributed by atoms with van der Waals surface area (Å²) in [6.07, 6.45) is 0. The number of hydrogen-bond donors (Lipinski definition) is 2. The van der Waals surface area contributed by atoms with Gasteiger partial charge in [0.15, 0.2) is 0 Å². The van der Waals surface area contributed by atoms with Crippen molar-refractivity contribution >= 4 is 23.4 Å². The summed E-state index contributed by atoms with van der Waals surface area (Å²) < 4.78 is 5.30. The van der Waals surface area contributed by atoms with Crippen molar-refractivity contribution in [2.75, 3.05) is 5.73 Å². The van der Waals surface area contributed by atoms with Crippen LogP contribution in [0.25, 0.3) is 0 Å². The first-order valence-electron chi connectivity index (χ1n) is 5.79. The van der Waals surface area contributed by atoms with Gasteiger partial charge in [-0.15, -0.1) is 11.8 Å². The molecule has 0 unspecified atom stereocenters. The van der Waals surface area contributed by atoms with Crippen LogP contribution >= 0.6 is 11.8 Å². The molecule has 0 fully saturated rings. The third-order valence-electron chi connectivity index (χ3n) is 2.70. The number of aromatic carboxylic acids is 1. The van der Waals surface area contributed by atoms with E-state index < -0.39 is 5.97 Å². The van der Waals surface area contributed by atoms with E-state index in [0.717, 1.165) is 16.1 Å². The molecule has 2 rings (SSSR count). The van der Waals surface area contributed by atoms with Crippen LogP contribution in [0.1, 0.15) is 27.4 Å². The lowest BCUT2D eigenvalue weighted by Gasteiger charge is -2.04. The Morgan fingerprint density at radius 3 is 2.68 bits per heavy atom. The van der Waals surface area contributed by atoms with Crippen LogP contribution in [0.2, 0.25) is 0 Å². The largest absolute Gasteiger partial charge is 0.475 e. The summed E-state index contributed by atoms with van der Waals surface area (Å²) in [7, 11) is 0. The Kier molecular flexibility index (Phi) is 3.85. The monoisotopic (exact) mass is 277 g/mol. The quantitative estimate of drug-likeness (QED) is 0.661. The first-order valence-corrected chi connectivity index (χ1v) is 6.77. The number of nitrogen functional groups attached to an aromatic ring is 1. The first-order chi connectivity index (χ1) is 8.97. The van der Waals surface area contributed by atoms with E-state index in [0.29, 0.717) is 17.1 Å². The molecule has 1 aromatic carbocycles. The average molecular weight is 277 g/mol. The molecule has 1 heterocycles. The van der Waals surface area contributed by atoms with Crippen LogP contribution < -0.4 is 5.73 Å². The fourth-order valence-electron chi connectivity index (χ4n) is 1.78. The standard InChI is InChI=1S/C14H15NO3S/c1-8-3-4-12(11(15)5-8)19-7-10-6-9(2)13(18-10)14(16)17/h3-6H,7,15H2,1-2H3,(H,16,17). The molecule has 19 heavy (non-hydrogen) atoms. The number of rotatable bonds is 4. The maximum Gasteiger partial charge on any atom is 0.372 e. The Hall–Kier alpha value is -1.88. The van der Waals surface area contributed by atoms with Crippen molar-refractivity contribution in [1.29, 1.82) is 0 Å². The number of nitrogens with two attached hydrogens (primary N) is 1. The van der Waals surface area contributed by atoms with Crippen LogP contribution in [0, 0.1) is 13.8 Å². The number of carbonyl (C=O) groups is 1. The van der Waals surface area contributed by atoms with Gasteiger partial charge in [-0.05, 0) is 37.6 Å². The van der Waals surface area contributed by atoms with Crippen molar-refractivity contribution in [2.45, 2.75) is 24.5 Å². The lowest BCUT2D eigenvalue weighted by molar-refractivity contribution is 0.0659. The smallest absolute Gasteiger partial charge is 0.372 e. The van der Waals surface area contributed by atoms with Crippen LogP contribution in [-0.4, -0.2) is 11.1 Å². The number of anilines is 1. The Balaban J connectivity index is 2.10. The SMILES string of the molecule is Cc1ccc(SCc2cc(C)c(C(=O)O)o2)c(N)c1. The van der Waals surface area contributed by atoms with Crippen molar-refractivity contribution in [3.8, 4) is 0 Å². The van der Waals surface area contributed by atoms with Crippen molar-refractivity contribution in [3.63, 3.8) is 0 Å². The highest BCUT2D eigenvalue weighted by atomic mass is 32.2. The van der Waals surface area contributed by atoms with Crippen LogP contribution in [0.5, 0.6) is 0 Å². The first kappa shape index (κ1) is 13.5. The molecule has 0 aliphatic carbocycles. The summed E-state index contributed by atoms with van der Waals surface area (Å²) in [5.74, 6) is 0.164. The van der Waals surface area contributed by atoms with Crippen LogP contribution in [0.4, 0.5) is 5.69 Å². The molecule has 2 aromatic rings. The number of aryl methyl sites for hydroxylation is 2. The number of benzene rings is 1. The molecular weight excluding hydrogens is 262 g/mol. The minimum Gasteiger partial charge on any atom is -0.475 e. The summed E-state index contributed by atoms with van der Waals surface area (Å²) >= 11 is 1.53. The van der Waals surface area contributed by atoms with Gasteiger partial charge in [0.1, 0.15) is 5.76 Å². The number of carboxylic acids is 1. The molecule has 4 nitrogen and oxygen atoms in total. The molecule has 0 atom stereocenters. The van der Waals surface area contributed by atoms with E-state index in [9.17, 15) is 4.79 Å². The molecule has 0 saturated heterocycles. The molecule has 0 bridgehead atoms. The van der Waals surface area contributed by atoms with Gasteiger partial charge in [0.05, 0.1) is 5.75 Å². The molecule has 1 aromatic heterocycles. The van der Waals surface area contributed by atoms with E-state index in [4.69, 9.17) is 15.3 Å². The molecule has 100 valence electrons. The van der Waals surface area contributed by atoms with E-state index in [1.807, 2.05) is 25.1 Å². The lowest BCUT2D eigenvalue weighted by atomic mass is 10.2. The summed E-state index contributed by atoms with van der Waals surface area (Å²) in [4.78, 5) is 11.8. The van der Waals surface area contributed by atoms with Crippen LogP contribution in [-0.2, 0) is 5.75 Å². The molecule has 0 spiro atoms. The normalized spacial score (nSPS) is 10.6. The highest BCUT2D eigenvalue weighted by Crippen LogP contribution is 2.30. The molecule has 0 amide bonds. The minimum atomic E-state index is -1.04. The van der Waals surface area contributed by atoms with Crippen molar-refractivity contribution < 1.29 is 14.3 Å². The second-order valence-corrected chi connectivity index (χ2v) is 5.38. The van der Waals surface area contributed by atoms with Gasteiger partial charge in [-0.3, -0.25) is 0 Å². The van der Waals surface area contributed by atoms with Gasteiger partial charge >= 0.3 is 5.97 Å². The third kappa shape index (κ3) is 3.12. The topological polar surface area (TPSA) is 76.5 Å². The number of hydrogen-bond acceptors (Lipinski definition) is 4. The van der Waals surface area contributed by atoms with Crippen molar-refractivity contribution in [2.24, 2.45) is 0 Å². The Bertz CT molecular complexity index is 619. The number of thioether (sulfide) groups is 1. The summed E-state index contributed by atoms with van der Waals surface area (Å²) in [5, 5.41) is 8.92. The summed E-state index contributed by atoms with van der Waals surface area (Å²) in [6, 6.07) is 7.62. The Morgan fingerprint density at radius 2 is 2.11 bits per heavy atom. The highest BCUT2D eigenvalue weighted by Gasteiger charge is 2.14. The van der Waals surface area contributed by atoms with E-state index in [1.54, 1.807) is 13.0 Å². The molecule has 0 aliphatic rings. The fourth-order valence-corrected chi connectivity index (χ4v) is 2.61. The zero-order chi connectivity index (χ0) is 14.0. The van der Waals surface area contributed by atoms with Crippen molar-refractivity contribution in [1.82, 2.24) is 0 Å². The number of carboxylic acid groups (broad SMARTS) is 1. The van der Waals surface area contributed by atoms with Gasteiger partial charge in [-0.1, -0.05) is 6.07 Å². The molecule has 3 N–H and O–H groups in total. The predicted molar refractivity (Wildman–Crippen MR) is 75.6 cm³/mol. The molecule has 5 heteroatoms. The predicted octanol–water partition coefficient (Wildman–Crippen LogP) is 3.47. The zero-order valence-corrected chi connectivity index (χ0v) is 11.6. The molecule has 0 saturated carbocycles. The lowest BCUT2D eigenvalue weighted by Crippen LogP contribution is -1.95. The zero-order valence-electron chi connectivity index (χ0n) is 10.8. The van der Waals surface area contributed by atoms with E-state index in [-0.39, 0.29) is 5.76 Å². The fraction of sp³-hybridized carbons (Fsp3) is 0.214. The second-order valence-electron chi connectivity index (χ2n) is 4.36. The molecule has 0 aliphatic heterocycles. The van der Waals surface area contributed by atoms with Gasteiger partial charge in [-0.2, -0.15) is 0 Å². The van der Waals surface area contributed by atoms with Gasteiger partial charge in [0, 0.05) is 16.1 Å². The van der Waals surface area contributed by atoms with Gasteiger partial charge in [0.2, 0.25) is 5.76 Å². The highest BCUT2D eigenvalue weighted by molar-refractivity contribution is 7.98. The maximum absolute atomic E-state index is 10.9. The summed E-state index contributed by atoms with van der Waals surface area (Å²) in [6.45, 7) is 3.71. The van der Waals surface area contributed by atoms with Crippen molar-refractivity contribution in [3.05, 3.63) is 46.9 Å². The molecule has 0 radical (unpaired) electrons. The van der Waals surface area contributed by atoms with E-state index in [2.05, 4.69) is 0 Å². The Labute approximate surface area is 115 Å². The number of furan rings is 1. The van der Waals surface area contributed by atoms with E-state index in [1.165, 1.54) is 11.8 Å². The minimum absolute atomic E-state index is 0.00692. The van der Waals surface area contributed by atoms with Crippen LogP contribution in [0.3, 0.4) is 0 Å². The van der Waals surface area contributed by atoms with Gasteiger partial charge in [-0.25, -0.2) is 4.79 Å². The van der Waals surface area contributed by atoms with E-state index >= 15 is 0 Å². The maximum atomic E-state index is 10.9. The summed E-state index contributed by atoms with van der Waals surface area (Å²) in [5.41, 5.74) is 8.41. The van der Waals surface area contributed by atoms with Gasteiger partial charge in [0.25, 0.3) is 0 Å². The average Bonchev–Trinajstić information content (AvgIpc) is 2.69.